The second kappa shape index (κ2) is 6.56. The van der Waals surface area contributed by atoms with Gasteiger partial charge in [-0.25, -0.2) is 0 Å². The second-order valence-corrected chi connectivity index (χ2v) is 6.99. The molecule has 1 aromatic rings. The summed E-state index contributed by atoms with van der Waals surface area (Å²) in [6, 6.07) is 5.19. The van der Waals surface area contributed by atoms with Gasteiger partial charge in [0.2, 0.25) is 0 Å². The molecule has 0 aliphatic heterocycles. The molecule has 0 saturated heterocycles. The number of rotatable bonds is 5. The Kier molecular flexibility index (Phi) is 5.35. The fraction of sp³-hybridized carbons (Fsp3) is 0.273. The second-order valence-electron chi connectivity index (χ2n) is 3.62. The van der Waals surface area contributed by atoms with E-state index in [0.717, 1.165) is 0 Å². The summed E-state index contributed by atoms with van der Waals surface area (Å²) in [4.78, 5) is 22.5. The van der Waals surface area contributed by atoms with Crippen LogP contribution in [0.3, 0.4) is 0 Å². The Bertz CT molecular complexity index is 506. The standard InChI is InChI=1S/C11H14AsNO6/c1-2-19-11(15)7-10(14)13-9-5-3-8(4-6-9)12(16,17)18/h3-6H,2,7H2,1H3,(H,13,14)(H2,16,17,18). The number of amides is 1. The van der Waals surface area contributed by atoms with Crippen molar-refractivity contribution in [3.05, 3.63) is 24.3 Å². The summed E-state index contributed by atoms with van der Waals surface area (Å²) in [6.45, 7) is 1.84. The average Bonchev–Trinajstić information content (AvgIpc) is 2.28. The van der Waals surface area contributed by atoms with E-state index in [1.165, 1.54) is 24.3 Å². The van der Waals surface area contributed by atoms with Gasteiger partial charge in [0, 0.05) is 0 Å². The van der Waals surface area contributed by atoms with Crippen molar-refractivity contribution in [2.24, 2.45) is 0 Å². The van der Waals surface area contributed by atoms with E-state index >= 15 is 0 Å². The van der Waals surface area contributed by atoms with E-state index < -0.39 is 32.5 Å². The number of hydrogen-bond donors (Lipinski definition) is 3. The summed E-state index contributed by atoms with van der Waals surface area (Å²) >= 11 is -4.90. The third-order valence-electron chi connectivity index (χ3n) is 2.10. The molecular weight excluding hydrogens is 317 g/mol. The number of ether oxygens (including phenoxy) is 1. The normalized spacial score (nSPS) is 10.9. The van der Waals surface area contributed by atoms with Crippen molar-refractivity contribution in [2.45, 2.75) is 13.3 Å². The molecule has 19 heavy (non-hydrogen) atoms. The van der Waals surface area contributed by atoms with Crippen LogP contribution in [-0.2, 0) is 18.1 Å². The zero-order chi connectivity index (χ0) is 14.5. The molecule has 0 saturated carbocycles. The van der Waals surface area contributed by atoms with Gasteiger partial charge in [0.05, 0.1) is 0 Å². The first-order chi connectivity index (χ1) is 8.82. The minimum atomic E-state index is -4.90. The predicted octanol–water partition coefficient (Wildman–Crippen LogP) is -0.861. The maximum atomic E-state index is 11.4. The third kappa shape index (κ3) is 5.30. The molecule has 0 unspecified atom stereocenters. The number of benzene rings is 1. The maximum absolute atomic E-state index is 11.4. The van der Waals surface area contributed by atoms with Crippen molar-refractivity contribution in [1.82, 2.24) is 0 Å². The molecule has 7 nitrogen and oxygen atoms in total. The molecule has 104 valence electrons. The monoisotopic (exact) mass is 331 g/mol. The van der Waals surface area contributed by atoms with Crippen molar-refractivity contribution >= 4 is 36.1 Å². The van der Waals surface area contributed by atoms with Gasteiger partial charge >= 0.3 is 112 Å². The number of carbonyl (C=O) groups excluding carboxylic acids is 2. The Hall–Kier alpha value is -1.56. The van der Waals surface area contributed by atoms with Gasteiger partial charge in [0.25, 0.3) is 0 Å². The van der Waals surface area contributed by atoms with E-state index in [9.17, 15) is 13.3 Å². The van der Waals surface area contributed by atoms with Crippen LogP contribution in [0.5, 0.6) is 0 Å². The average molecular weight is 331 g/mol. The van der Waals surface area contributed by atoms with E-state index in [-0.39, 0.29) is 11.0 Å². The molecule has 0 aromatic heterocycles. The molecule has 1 amide bonds. The molecule has 8 heteroatoms. The van der Waals surface area contributed by atoms with E-state index in [0.29, 0.717) is 5.69 Å². The Labute approximate surface area is 112 Å². The molecular formula is C11H14AsNO6. The van der Waals surface area contributed by atoms with Gasteiger partial charge < -0.3 is 0 Å². The van der Waals surface area contributed by atoms with Crippen LogP contribution in [0.25, 0.3) is 0 Å². The van der Waals surface area contributed by atoms with E-state index in [1.54, 1.807) is 6.92 Å². The first-order valence-corrected chi connectivity index (χ1v) is 8.83. The number of hydrogen-bond acceptors (Lipinski definition) is 4. The summed E-state index contributed by atoms with van der Waals surface area (Å²) in [6.07, 6.45) is -0.405. The van der Waals surface area contributed by atoms with Gasteiger partial charge in [-0.1, -0.05) is 0 Å². The van der Waals surface area contributed by atoms with E-state index in [1.807, 2.05) is 0 Å². The first kappa shape index (κ1) is 15.5. The molecule has 3 N–H and O–H groups in total. The molecule has 0 aliphatic carbocycles. The molecule has 0 spiro atoms. The van der Waals surface area contributed by atoms with Crippen molar-refractivity contribution in [1.29, 1.82) is 0 Å². The fourth-order valence-corrected chi connectivity index (χ4v) is 2.41. The van der Waals surface area contributed by atoms with Gasteiger partial charge in [-0.05, 0) is 0 Å². The van der Waals surface area contributed by atoms with Gasteiger partial charge in [-0.3, -0.25) is 0 Å². The van der Waals surface area contributed by atoms with Crippen LogP contribution in [0.2, 0.25) is 0 Å². The van der Waals surface area contributed by atoms with E-state index in [4.69, 9.17) is 8.19 Å². The zero-order valence-electron chi connectivity index (χ0n) is 10.2. The predicted molar refractivity (Wildman–Crippen MR) is 66.8 cm³/mol. The third-order valence-corrected chi connectivity index (χ3v) is 4.13. The Morgan fingerprint density at radius 2 is 1.84 bits per heavy atom. The summed E-state index contributed by atoms with van der Waals surface area (Å²) < 4.78 is 33.4. The van der Waals surface area contributed by atoms with Crippen LogP contribution in [-0.4, -0.2) is 40.8 Å². The summed E-state index contributed by atoms with van der Waals surface area (Å²) in [7, 11) is 0. The van der Waals surface area contributed by atoms with E-state index in [2.05, 4.69) is 10.1 Å². The Morgan fingerprint density at radius 1 is 1.26 bits per heavy atom. The summed E-state index contributed by atoms with van der Waals surface area (Å²) in [5, 5.41) is 2.42. The molecule has 1 rings (SSSR count). The molecule has 1 aromatic carbocycles. The Morgan fingerprint density at radius 3 is 2.32 bits per heavy atom. The van der Waals surface area contributed by atoms with Crippen molar-refractivity contribution in [2.75, 3.05) is 11.9 Å². The van der Waals surface area contributed by atoms with Crippen molar-refractivity contribution in [3.8, 4) is 0 Å². The molecule has 0 fully saturated rings. The van der Waals surface area contributed by atoms with Gasteiger partial charge in [-0.15, -0.1) is 0 Å². The molecule has 0 heterocycles. The number of nitrogens with one attached hydrogen (secondary N) is 1. The molecule has 0 radical (unpaired) electrons. The Balaban J connectivity index is 2.61. The van der Waals surface area contributed by atoms with Crippen LogP contribution in [0.15, 0.2) is 24.3 Å². The van der Waals surface area contributed by atoms with Crippen LogP contribution < -0.4 is 9.67 Å². The number of anilines is 1. The zero-order valence-corrected chi connectivity index (χ0v) is 12.1. The first-order valence-electron chi connectivity index (χ1n) is 5.44. The van der Waals surface area contributed by atoms with Gasteiger partial charge in [0.1, 0.15) is 0 Å². The molecule has 0 atom stereocenters. The van der Waals surface area contributed by atoms with Crippen molar-refractivity contribution in [3.63, 3.8) is 0 Å². The van der Waals surface area contributed by atoms with Gasteiger partial charge in [-0.2, -0.15) is 0 Å². The van der Waals surface area contributed by atoms with Gasteiger partial charge in [0.15, 0.2) is 0 Å². The minimum absolute atomic E-state index is 0.0819. The molecule has 0 aliphatic rings. The topological polar surface area (TPSA) is 113 Å². The fourth-order valence-electron chi connectivity index (χ4n) is 1.29. The van der Waals surface area contributed by atoms with Crippen molar-refractivity contribution < 1.29 is 26.3 Å². The number of carbonyl (C=O) groups is 2. The summed E-state index contributed by atoms with van der Waals surface area (Å²) in [5.74, 6) is -1.18. The number of esters is 1. The molecule has 0 bridgehead atoms. The van der Waals surface area contributed by atoms with Crippen LogP contribution in [0.4, 0.5) is 5.69 Å². The SMILES string of the molecule is CCOC(=O)CC(=O)Nc1ccc([As](=O)(O)O)cc1. The van der Waals surface area contributed by atoms with Crippen LogP contribution in [0, 0.1) is 0 Å². The summed E-state index contributed by atoms with van der Waals surface area (Å²) in [5.41, 5.74) is 0.349. The van der Waals surface area contributed by atoms with Crippen LogP contribution >= 0.6 is 0 Å². The van der Waals surface area contributed by atoms with Crippen LogP contribution in [0.1, 0.15) is 13.3 Å². The quantitative estimate of drug-likeness (QED) is 0.368.